The number of rotatable bonds is 6. The fourth-order valence-corrected chi connectivity index (χ4v) is 3.83. The lowest BCUT2D eigenvalue weighted by Crippen LogP contribution is -2.50. The number of hydrogen-bond donors (Lipinski definition) is 0. The van der Waals surface area contributed by atoms with Gasteiger partial charge in [0.2, 0.25) is 5.91 Å². The molecule has 2 heterocycles. The Labute approximate surface area is 157 Å². The lowest BCUT2D eigenvalue weighted by atomic mass is 10.2. The van der Waals surface area contributed by atoms with Crippen LogP contribution in [0, 0.1) is 0 Å². The van der Waals surface area contributed by atoms with Crippen molar-refractivity contribution in [3.63, 3.8) is 0 Å². The first-order valence-electron chi connectivity index (χ1n) is 9.81. The van der Waals surface area contributed by atoms with E-state index in [1.165, 1.54) is 5.69 Å². The van der Waals surface area contributed by atoms with Crippen LogP contribution in [0.5, 0.6) is 5.75 Å². The third-order valence-corrected chi connectivity index (χ3v) is 5.61. The first-order chi connectivity index (χ1) is 12.7. The minimum Gasteiger partial charge on any atom is -0.495 e. The Hall–Kier alpha value is -1.79. The molecule has 0 unspecified atom stereocenters. The molecule has 1 aromatic carbocycles. The van der Waals surface area contributed by atoms with E-state index in [4.69, 9.17) is 4.74 Å². The molecule has 1 amide bonds. The molecule has 0 bridgehead atoms. The van der Waals surface area contributed by atoms with Crippen LogP contribution in [0.4, 0.5) is 5.69 Å². The average Bonchev–Trinajstić information content (AvgIpc) is 2.72. The van der Waals surface area contributed by atoms with Crippen molar-refractivity contribution < 1.29 is 9.53 Å². The highest BCUT2D eigenvalue weighted by molar-refractivity contribution is 5.76. The fourth-order valence-electron chi connectivity index (χ4n) is 3.83. The molecule has 2 aliphatic rings. The number of anilines is 1. The van der Waals surface area contributed by atoms with Crippen LogP contribution in [-0.4, -0.2) is 93.2 Å². The normalized spacial score (nSPS) is 19.6. The van der Waals surface area contributed by atoms with Gasteiger partial charge in [-0.15, -0.1) is 0 Å². The zero-order valence-corrected chi connectivity index (χ0v) is 16.2. The van der Waals surface area contributed by atoms with Crippen molar-refractivity contribution in [2.24, 2.45) is 0 Å². The molecule has 2 saturated heterocycles. The monoisotopic (exact) mass is 360 g/mol. The highest BCUT2D eigenvalue weighted by Gasteiger charge is 2.23. The van der Waals surface area contributed by atoms with Crippen LogP contribution >= 0.6 is 0 Å². The van der Waals surface area contributed by atoms with E-state index in [1.54, 1.807) is 7.11 Å². The lowest BCUT2D eigenvalue weighted by molar-refractivity contribution is -0.133. The molecule has 0 spiro atoms. The van der Waals surface area contributed by atoms with Crippen molar-refractivity contribution in [1.29, 1.82) is 0 Å². The molecule has 0 radical (unpaired) electrons. The fraction of sp³-hybridized carbons (Fsp3) is 0.650. The van der Waals surface area contributed by atoms with Gasteiger partial charge in [-0.3, -0.25) is 9.69 Å². The maximum Gasteiger partial charge on any atom is 0.223 e. The van der Waals surface area contributed by atoms with E-state index in [-0.39, 0.29) is 0 Å². The van der Waals surface area contributed by atoms with Crippen LogP contribution in [0.15, 0.2) is 24.3 Å². The summed E-state index contributed by atoms with van der Waals surface area (Å²) in [7, 11) is 1.72. The van der Waals surface area contributed by atoms with Crippen molar-refractivity contribution in [2.75, 3.05) is 77.5 Å². The highest BCUT2D eigenvalue weighted by Crippen LogP contribution is 2.28. The topological polar surface area (TPSA) is 39.3 Å². The first kappa shape index (κ1) is 19.0. The van der Waals surface area contributed by atoms with Crippen molar-refractivity contribution in [3.05, 3.63) is 24.3 Å². The molecule has 144 valence electrons. The molecular weight excluding hydrogens is 328 g/mol. The quantitative estimate of drug-likeness (QED) is 0.766. The van der Waals surface area contributed by atoms with Crippen molar-refractivity contribution in [1.82, 2.24) is 14.7 Å². The molecule has 6 nitrogen and oxygen atoms in total. The predicted molar refractivity (Wildman–Crippen MR) is 105 cm³/mol. The van der Waals surface area contributed by atoms with Crippen LogP contribution in [0.25, 0.3) is 0 Å². The van der Waals surface area contributed by atoms with Gasteiger partial charge in [0, 0.05) is 65.3 Å². The van der Waals surface area contributed by atoms with Gasteiger partial charge in [-0.05, 0) is 18.7 Å². The Morgan fingerprint density at radius 3 is 2.27 bits per heavy atom. The molecule has 0 atom stereocenters. The van der Waals surface area contributed by atoms with E-state index in [2.05, 4.69) is 33.8 Å². The largest absolute Gasteiger partial charge is 0.495 e. The zero-order valence-electron chi connectivity index (χ0n) is 16.2. The summed E-state index contributed by atoms with van der Waals surface area (Å²) in [6.45, 7) is 11.9. The van der Waals surface area contributed by atoms with E-state index in [9.17, 15) is 4.79 Å². The molecule has 3 rings (SSSR count). The Morgan fingerprint density at radius 1 is 0.962 bits per heavy atom. The number of piperazine rings is 2. The average molecular weight is 361 g/mol. The van der Waals surface area contributed by atoms with Crippen LogP contribution in [-0.2, 0) is 4.79 Å². The minimum atomic E-state index is 0.313. The van der Waals surface area contributed by atoms with Crippen LogP contribution in [0.2, 0.25) is 0 Å². The number of para-hydroxylation sites is 2. The summed E-state index contributed by atoms with van der Waals surface area (Å²) in [5, 5.41) is 0. The minimum absolute atomic E-state index is 0.313. The third kappa shape index (κ3) is 4.68. The van der Waals surface area contributed by atoms with E-state index < -0.39 is 0 Å². The standard InChI is InChI=1S/C20H32N4O2/c1-3-21-10-16-24(17-11-21)20(25)8-9-22-12-14-23(15-13-22)18-6-4-5-7-19(18)26-2/h4-7H,3,8-17H2,1-2H3. The van der Waals surface area contributed by atoms with Gasteiger partial charge in [0.1, 0.15) is 5.75 Å². The van der Waals surface area contributed by atoms with Gasteiger partial charge in [0.15, 0.2) is 0 Å². The molecule has 2 aliphatic heterocycles. The Bertz CT molecular complexity index is 579. The Morgan fingerprint density at radius 2 is 1.62 bits per heavy atom. The first-order valence-corrected chi connectivity index (χ1v) is 9.81. The number of carbonyl (C=O) groups is 1. The molecule has 6 heteroatoms. The molecular formula is C20H32N4O2. The summed E-state index contributed by atoms with van der Waals surface area (Å²) in [6.07, 6.45) is 0.640. The van der Waals surface area contributed by atoms with Crippen molar-refractivity contribution in [2.45, 2.75) is 13.3 Å². The predicted octanol–water partition coefficient (Wildman–Crippen LogP) is 1.37. The molecule has 1 aromatic rings. The molecule has 0 saturated carbocycles. The number of likely N-dealkylation sites (N-methyl/N-ethyl adjacent to an activating group) is 1. The zero-order chi connectivity index (χ0) is 18.4. The number of benzene rings is 1. The smallest absolute Gasteiger partial charge is 0.223 e. The SMILES string of the molecule is CCN1CCN(C(=O)CCN2CCN(c3ccccc3OC)CC2)CC1. The lowest BCUT2D eigenvalue weighted by Gasteiger charge is -2.37. The van der Waals surface area contributed by atoms with Gasteiger partial charge in [-0.1, -0.05) is 19.1 Å². The summed E-state index contributed by atoms with van der Waals surface area (Å²) >= 11 is 0. The Kier molecular flexibility index (Phi) is 6.74. The van der Waals surface area contributed by atoms with Crippen LogP contribution < -0.4 is 9.64 Å². The molecule has 0 N–H and O–H groups in total. The van der Waals surface area contributed by atoms with Crippen molar-refractivity contribution in [3.8, 4) is 5.75 Å². The van der Waals surface area contributed by atoms with Gasteiger partial charge >= 0.3 is 0 Å². The van der Waals surface area contributed by atoms with Gasteiger partial charge in [-0.2, -0.15) is 0 Å². The number of hydrogen-bond acceptors (Lipinski definition) is 5. The summed E-state index contributed by atoms with van der Waals surface area (Å²) in [5.41, 5.74) is 1.17. The number of carbonyl (C=O) groups excluding carboxylic acids is 1. The van der Waals surface area contributed by atoms with E-state index in [1.807, 2.05) is 17.0 Å². The summed E-state index contributed by atoms with van der Waals surface area (Å²) < 4.78 is 5.48. The number of methoxy groups -OCH3 is 1. The molecule has 0 aliphatic carbocycles. The molecule has 26 heavy (non-hydrogen) atoms. The molecule has 2 fully saturated rings. The number of amides is 1. The van der Waals surface area contributed by atoms with E-state index in [0.29, 0.717) is 12.3 Å². The van der Waals surface area contributed by atoms with Gasteiger partial charge in [-0.25, -0.2) is 0 Å². The van der Waals surface area contributed by atoms with Crippen LogP contribution in [0.3, 0.4) is 0 Å². The highest BCUT2D eigenvalue weighted by atomic mass is 16.5. The van der Waals surface area contributed by atoms with E-state index in [0.717, 1.165) is 71.2 Å². The maximum absolute atomic E-state index is 12.5. The number of ether oxygens (including phenoxy) is 1. The second kappa shape index (κ2) is 9.24. The molecule has 0 aromatic heterocycles. The van der Waals surface area contributed by atoms with Crippen LogP contribution in [0.1, 0.15) is 13.3 Å². The summed E-state index contributed by atoms with van der Waals surface area (Å²) in [5.74, 6) is 1.25. The van der Waals surface area contributed by atoms with Gasteiger partial charge in [0.25, 0.3) is 0 Å². The van der Waals surface area contributed by atoms with Gasteiger partial charge < -0.3 is 19.4 Å². The summed E-state index contributed by atoms with van der Waals surface area (Å²) in [6, 6.07) is 8.19. The third-order valence-electron chi connectivity index (χ3n) is 5.61. The van der Waals surface area contributed by atoms with Gasteiger partial charge in [0.05, 0.1) is 12.8 Å². The second-order valence-corrected chi connectivity index (χ2v) is 7.07. The Balaban J connectivity index is 1.41. The second-order valence-electron chi connectivity index (χ2n) is 7.07. The summed E-state index contributed by atoms with van der Waals surface area (Å²) in [4.78, 5) is 21.7. The van der Waals surface area contributed by atoms with E-state index >= 15 is 0 Å². The maximum atomic E-state index is 12.5. The van der Waals surface area contributed by atoms with Crippen molar-refractivity contribution >= 4 is 11.6 Å². The number of nitrogens with zero attached hydrogens (tertiary/aromatic N) is 4.